The molecule has 17 heteroatoms. The predicted octanol–water partition coefficient (Wildman–Crippen LogP) is 1.62. The third kappa shape index (κ3) is 11.3. The minimum atomic E-state index is -4.16. The van der Waals surface area contributed by atoms with Gasteiger partial charge in [0, 0.05) is 63.7 Å². The Morgan fingerprint density at radius 2 is 1.80 bits per heavy atom. The van der Waals surface area contributed by atoms with Gasteiger partial charge in [0.1, 0.15) is 30.5 Å². The standard InChI is InChI=1S/C37H53N7O9S/c1-36(2,10-15-52-37(3,4)21-29-23-44(42-40-29)24-31-32(45)33(46)34(47)35(50-5)53-31)41-54(48,49)30(22-38)19-25-6-7-27-20-28(9-8-26(27)18-25)39-11-12-43-13-16-51-17-14-43/h6-9,18-20,23,31-35,39,41,45-47H,10-17,21,24H2,1-5H3. The molecule has 3 aromatic rings. The molecule has 2 fully saturated rings. The van der Waals surface area contributed by atoms with Crippen LogP contribution in [0.5, 0.6) is 0 Å². The molecule has 0 bridgehead atoms. The average molecular weight is 772 g/mol. The van der Waals surface area contributed by atoms with E-state index >= 15 is 0 Å². The van der Waals surface area contributed by atoms with E-state index in [2.05, 4.69) is 31.3 Å². The number of allylic oxidation sites excluding steroid dienone is 1. The number of aliphatic hydroxyl groups excluding tert-OH is 3. The lowest BCUT2D eigenvalue weighted by molar-refractivity contribution is -0.292. The van der Waals surface area contributed by atoms with Crippen LogP contribution in [0.4, 0.5) is 5.69 Å². The Labute approximate surface area is 316 Å². The zero-order valence-electron chi connectivity index (χ0n) is 31.5. The molecule has 5 rings (SSSR count). The van der Waals surface area contributed by atoms with E-state index < -0.39 is 56.8 Å². The summed E-state index contributed by atoms with van der Waals surface area (Å²) in [6, 6.07) is 13.5. The number of sulfonamides is 1. The first kappa shape index (κ1) is 41.6. The van der Waals surface area contributed by atoms with Gasteiger partial charge in [0.2, 0.25) is 0 Å². The Balaban J connectivity index is 1.12. The number of methoxy groups -OCH3 is 1. The lowest BCUT2D eigenvalue weighted by atomic mass is 9.99. The molecular weight excluding hydrogens is 719 g/mol. The van der Waals surface area contributed by atoms with Gasteiger partial charge in [-0.2, -0.15) is 5.26 Å². The summed E-state index contributed by atoms with van der Waals surface area (Å²) in [6.45, 7) is 12.6. The van der Waals surface area contributed by atoms with Gasteiger partial charge >= 0.3 is 0 Å². The predicted molar refractivity (Wildman–Crippen MR) is 201 cm³/mol. The Morgan fingerprint density at radius 1 is 1.07 bits per heavy atom. The van der Waals surface area contributed by atoms with Gasteiger partial charge in [0.05, 0.1) is 31.1 Å². The fraction of sp³-hybridized carbons (Fsp3) is 0.595. The highest BCUT2D eigenvalue weighted by molar-refractivity contribution is 7.93. The van der Waals surface area contributed by atoms with Gasteiger partial charge < -0.3 is 39.6 Å². The smallest absolute Gasteiger partial charge is 0.251 e. The Hall–Kier alpha value is -3.54. The molecule has 2 aliphatic rings. The lowest BCUT2D eigenvalue weighted by Crippen LogP contribution is -2.58. The number of aromatic nitrogens is 3. The van der Waals surface area contributed by atoms with Crippen LogP contribution < -0.4 is 10.0 Å². The van der Waals surface area contributed by atoms with Crippen LogP contribution in [0.25, 0.3) is 16.8 Å². The summed E-state index contributed by atoms with van der Waals surface area (Å²) >= 11 is 0. The van der Waals surface area contributed by atoms with Crippen LogP contribution in [0, 0.1) is 11.3 Å². The highest BCUT2D eigenvalue weighted by Crippen LogP contribution is 2.25. The van der Waals surface area contributed by atoms with E-state index in [0.717, 1.165) is 55.9 Å². The van der Waals surface area contributed by atoms with Crippen LogP contribution in [0.2, 0.25) is 0 Å². The second kappa shape index (κ2) is 17.9. The molecule has 5 unspecified atom stereocenters. The van der Waals surface area contributed by atoms with Gasteiger partial charge in [-0.25, -0.2) is 17.8 Å². The summed E-state index contributed by atoms with van der Waals surface area (Å²) in [5, 5.41) is 54.1. The third-order valence-electron chi connectivity index (χ3n) is 9.51. The number of aliphatic hydroxyl groups is 3. The van der Waals surface area contributed by atoms with Crippen molar-refractivity contribution in [2.24, 2.45) is 0 Å². The van der Waals surface area contributed by atoms with Crippen molar-refractivity contribution in [3.8, 4) is 6.07 Å². The molecule has 0 spiro atoms. The van der Waals surface area contributed by atoms with Gasteiger partial charge in [0.25, 0.3) is 10.0 Å². The van der Waals surface area contributed by atoms with Crippen molar-refractivity contribution in [3.63, 3.8) is 0 Å². The molecular formula is C37H53N7O9S. The largest absolute Gasteiger partial charge is 0.388 e. The highest BCUT2D eigenvalue weighted by Gasteiger charge is 2.44. The number of fused-ring (bicyclic) bond motifs is 1. The molecule has 5 atom stereocenters. The molecule has 0 saturated carbocycles. The van der Waals surface area contributed by atoms with Gasteiger partial charge in [-0.15, -0.1) is 5.10 Å². The average Bonchev–Trinajstić information content (AvgIpc) is 3.56. The minimum Gasteiger partial charge on any atom is -0.388 e. The van der Waals surface area contributed by atoms with Crippen LogP contribution in [-0.4, -0.2) is 139 Å². The summed E-state index contributed by atoms with van der Waals surface area (Å²) in [7, 11) is -2.83. The fourth-order valence-electron chi connectivity index (χ4n) is 6.46. The number of hydrogen-bond donors (Lipinski definition) is 5. The first-order chi connectivity index (χ1) is 25.6. The van der Waals surface area contributed by atoms with Gasteiger partial charge in [-0.1, -0.05) is 23.4 Å². The number of anilines is 1. The van der Waals surface area contributed by atoms with E-state index in [-0.39, 0.29) is 13.2 Å². The van der Waals surface area contributed by atoms with Crippen molar-refractivity contribution in [1.82, 2.24) is 24.6 Å². The molecule has 296 valence electrons. The quantitative estimate of drug-likeness (QED) is 0.124. The topological polar surface area (TPSA) is 214 Å². The van der Waals surface area contributed by atoms with E-state index in [9.17, 15) is 29.0 Å². The van der Waals surface area contributed by atoms with Crippen molar-refractivity contribution in [2.75, 3.05) is 58.4 Å². The van der Waals surface area contributed by atoms with Crippen molar-refractivity contribution in [1.29, 1.82) is 5.26 Å². The molecule has 0 aliphatic carbocycles. The molecule has 0 radical (unpaired) electrons. The number of nitrogens with one attached hydrogen (secondary N) is 2. The van der Waals surface area contributed by atoms with E-state index in [0.29, 0.717) is 24.1 Å². The molecule has 0 amide bonds. The summed E-state index contributed by atoms with van der Waals surface area (Å²) in [5.74, 6) is 0. The fourth-order valence-corrected chi connectivity index (χ4v) is 7.81. The number of hydrogen-bond acceptors (Lipinski definition) is 14. The SMILES string of the molecule is COC1OC(Cn2cc(CC(C)(C)OCCC(C)(C)NS(=O)(=O)C(C#N)=Cc3ccc4cc(NCCN5CCOCC5)ccc4c3)nn2)C(O)C(O)C1O. The number of morpholine rings is 1. The summed E-state index contributed by atoms with van der Waals surface area (Å²) in [6.07, 6.45) is -2.45. The first-order valence-corrected chi connectivity index (χ1v) is 19.6. The van der Waals surface area contributed by atoms with Gasteiger partial charge in [-0.05, 0) is 74.7 Å². The van der Waals surface area contributed by atoms with Crippen LogP contribution in [-0.2, 0) is 41.9 Å². The monoisotopic (exact) mass is 771 g/mol. The zero-order chi connectivity index (χ0) is 39.1. The molecule has 2 saturated heterocycles. The molecule has 2 aliphatic heterocycles. The van der Waals surface area contributed by atoms with Crippen LogP contribution in [0.1, 0.15) is 45.4 Å². The zero-order valence-corrected chi connectivity index (χ0v) is 32.3. The minimum absolute atomic E-state index is 0.0579. The van der Waals surface area contributed by atoms with E-state index in [1.54, 1.807) is 26.1 Å². The molecule has 54 heavy (non-hydrogen) atoms. The summed E-state index contributed by atoms with van der Waals surface area (Å²) in [4.78, 5) is 1.97. The first-order valence-electron chi connectivity index (χ1n) is 18.1. The van der Waals surface area contributed by atoms with Crippen LogP contribution >= 0.6 is 0 Å². The van der Waals surface area contributed by atoms with Crippen molar-refractivity contribution < 1.29 is 42.7 Å². The second-order valence-corrected chi connectivity index (χ2v) is 16.7. The van der Waals surface area contributed by atoms with E-state index in [4.69, 9.17) is 18.9 Å². The van der Waals surface area contributed by atoms with E-state index in [1.165, 1.54) is 17.9 Å². The maximum atomic E-state index is 13.4. The van der Waals surface area contributed by atoms with Gasteiger partial charge in [-0.3, -0.25) is 4.90 Å². The molecule has 3 heterocycles. The number of benzene rings is 2. The Bertz CT molecular complexity index is 1890. The van der Waals surface area contributed by atoms with Gasteiger partial charge in [0.15, 0.2) is 11.2 Å². The third-order valence-corrected chi connectivity index (χ3v) is 11.1. The highest BCUT2D eigenvalue weighted by atomic mass is 32.2. The molecule has 16 nitrogen and oxygen atoms in total. The number of nitrogens with zero attached hydrogens (tertiary/aromatic N) is 5. The lowest BCUT2D eigenvalue weighted by Gasteiger charge is -2.39. The van der Waals surface area contributed by atoms with Crippen molar-refractivity contribution in [2.45, 2.75) is 88.9 Å². The summed E-state index contributed by atoms with van der Waals surface area (Å²) in [5.41, 5.74) is 0.547. The van der Waals surface area contributed by atoms with Crippen LogP contribution in [0.15, 0.2) is 47.5 Å². The molecule has 2 aromatic carbocycles. The summed E-state index contributed by atoms with van der Waals surface area (Å²) < 4.78 is 53.2. The Morgan fingerprint density at radius 3 is 2.52 bits per heavy atom. The van der Waals surface area contributed by atoms with Crippen molar-refractivity contribution in [3.05, 3.63) is 58.8 Å². The maximum absolute atomic E-state index is 13.4. The second-order valence-electron chi connectivity index (χ2n) is 15.0. The molecule has 5 N–H and O–H groups in total. The van der Waals surface area contributed by atoms with Crippen molar-refractivity contribution >= 4 is 32.6 Å². The number of nitriles is 1. The molecule has 1 aromatic heterocycles. The maximum Gasteiger partial charge on any atom is 0.251 e. The van der Waals surface area contributed by atoms with Crippen LogP contribution in [0.3, 0.4) is 0 Å². The number of ether oxygens (including phenoxy) is 4. The number of rotatable bonds is 17. The normalized spacial score (nSPS) is 23.4. The van der Waals surface area contributed by atoms with E-state index in [1.807, 2.05) is 44.2 Å². The Kier molecular flexibility index (Phi) is 13.8.